The minimum absolute atomic E-state index is 0. The van der Waals surface area contributed by atoms with Crippen LogP contribution in [0.2, 0.25) is 0 Å². The quantitative estimate of drug-likeness (QED) is 0.441. The zero-order valence-electron chi connectivity index (χ0n) is 22.6. The largest absolute Gasteiger partial charge is 1.00 e. The van der Waals surface area contributed by atoms with Gasteiger partial charge in [0.25, 0.3) is 0 Å². The summed E-state index contributed by atoms with van der Waals surface area (Å²) in [5.41, 5.74) is 13.1. The number of fused-ring (bicyclic) bond motifs is 3. The third kappa shape index (κ3) is 5.53. The van der Waals surface area contributed by atoms with Gasteiger partial charge in [0.2, 0.25) is 0 Å². The van der Waals surface area contributed by atoms with Gasteiger partial charge in [-0.1, -0.05) is 0 Å². The second-order valence-electron chi connectivity index (χ2n) is 12.9. The van der Waals surface area contributed by atoms with Crippen molar-refractivity contribution >= 4 is 3.27 Å². The number of hydrogen-bond donors (Lipinski definition) is 0. The molecule has 0 fully saturated rings. The molecule has 2 aliphatic rings. The van der Waals surface area contributed by atoms with Crippen molar-refractivity contribution in [3.05, 3.63) is 73.1 Å². The fourth-order valence-corrected chi connectivity index (χ4v) is 10.5. The van der Waals surface area contributed by atoms with Crippen molar-refractivity contribution in [1.82, 2.24) is 0 Å². The Morgan fingerprint density at radius 3 is 1.91 bits per heavy atom. The van der Waals surface area contributed by atoms with E-state index in [2.05, 4.69) is 106 Å². The molecular weight excluding hydrogens is 534 g/mol. The Labute approximate surface area is 232 Å². The van der Waals surface area contributed by atoms with Crippen LogP contribution in [0.4, 0.5) is 0 Å². The molecule has 0 amide bonds. The molecule has 34 heavy (non-hydrogen) atoms. The van der Waals surface area contributed by atoms with Gasteiger partial charge in [0, 0.05) is 0 Å². The minimum Gasteiger partial charge on any atom is -1.00 e. The maximum Gasteiger partial charge on any atom is -1.00 e. The van der Waals surface area contributed by atoms with Gasteiger partial charge in [-0.2, -0.15) is 0 Å². The van der Waals surface area contributed by atoms with Crippen LogP contribution in [0.15, 0.2) is 50.8 Å². The van der Waals surface area contributed by atoms with Crippen molar-refractivity contribution in [2.24, 2.45) is 5.41 Å². The summed E-state index contributed by atoms with van der Waals surface area (Å²) in [7, 11) is 0. The van der Waals surface area contributed by atoms with E-state index in [1.54, 1.807) is 28.8 Å². The van der Waals surface area contributed by atoms with Crippen LogP contribution in [-0.4, -0.2) is 0 Å². The maximum atomic E-state index is 2.52. The van der Waals surface area contributed by atoms with Crippen LogP contribution in [0.1, 0.15) is 97.9 Å². The van der Waals surface area contributed by atoms with Crippen LogP contribution >= 0.6 is 0 Å². The van der Waals surface area contributed by atoms with Gasteiger partial charge in [-0.25, -0.2) is 0 Å². The van der Waals surface area contributed by atoms with E-state index in [9.17, 15) is 0 Å². The molecule has 0 N–H and O–H groups in total. The molecule has 0 radical (unpaired) electrons. The zero-order chi connectivity index (χ0) is 23.6. The molecule has 2 aromatic carbocycles. The normalized spacial score (nSPS) is 15.2. The molecule has 182 valence electrons. The predicted octanol–water partition coefficient (Wildman–Crippen LogP) is 2.22. The average Bonchev–Trinajstić information content (AvgIpc) is 3.20. The molecule has 2 aromatic rings. The summed E-state index contributed by atoms with van der Waals surface area (Å²) in [5.74, 6) is 0. The molecule has 0 saturated carbocycles. The average molecular weight is 575 g/mol. The van der Waals surface area contributed by atoms with E-state index < -0.39 is 23.2 Å². The third-order valence-corrected chi connectivity index (χ3v) is 11.5. The fourth-order valence-electron chi connectivity index (χ4n) is 5.18. The summed E-state index contributed by atoms with van der Waals surface area (Å²) in [5, 5.41) is 0. The van der Waals surface area contributed by atoms with Crippen LogP contribution in [0.25, 0.3) is 11.1 Å². The SMILES string of the molecule is CC1=[C]([Zr+2][c]2c(C(C)(C)C)ccc3c2Cc2cc(C(C)(C)C)ccc2-3)C(C(C)(C)C)=CC1.[Cl-].[Cl-]. The summed E-state index contributed by atoms with van der Waals surface area (Å²) < 4.78 is 3.50. The molecule has 0 aliphatic heterocycles. The molecule has 4 rings (SSSR count). The van der Waals surface area contributed by atoms with Gasteiger partial charge < -0.3 is 24.8 Å². The van der Waals surface area contributed by atoms with Crippen molar-refractivity contribution in [2.45, 2.75) is 92.9 Å². The smallest absolute Gasteiger partial charge is 1.00 e. The van der Waals surface area contributed by atoms with Gasteiger partial charge in [0.1, 0.15) is 0 Å². The van der Waals surface area contributed by atoms with E-state index in [4.69, 9.17) is 0 Å². The summed E-state index contributed by atoms with van der Waals surface area (Å²) in [6, 6.07) is 12.1. The standard InChI is InChI=1S/C21H25.C10H15.2ClH.Zr/c1-20(2,3)16-7-9-18-14(12-16)11-15-13-17(21(4,5)6)8-10-19(15)18;1-8-5-6-9(7-8)10(2,3)4;;;/h7-10,12H,11H2,1-6H3;6H,5H2,1-4H3;2*1H;/q;;;;+2/p-2. The topological polar surface area (TPSA) is 0 Å². The molecule has 0 saturated heterocycles. The van der Waals surface area contributed by atoms with Gasteiger partial charge in [0.15, 0.2) is 0 Å². The molecule has 0 unspecified atom stereocenters. The van der Waals surface area contributed by atoms with Gasteiger partial charge in [0.05, 0.1) is 0 Å². The van der Waals surface area contributed by atoms with Crippen molar-refractivity contribution in [3.8, 4) is 11.1 Å². The molecule has 0 bridgehead atoms. The first kappa shape index (κ1) is 29.6. The first-order valence-electron chi connectivity index (χ1n) is 12.2. The Hall–Kier alpha value is -0.617. The first-order chi connectivity index (χ1) is 14.7. The van der Waals surface area contributed by atoms with Gasteiger partial charge in [-0.05, 0) is 0 Å². The fraction of sp³-hybridized carbons (Fsp3) is 0.484. The van der Waals surface area contributed by atoms with E-state index in [1.165, 1.54) is 22.3 Å². The summed E-state index contributed by atoms with van der Waals surface area (Å²) in [4.78, 5) is 0. The van der Waals surface area contributed by atoms with Crippen molar-refractivity contribution < 1.29 is 48.0 Å². The van der Waals surface area contributed by atoms with Crippen molar-refractivity contribution in [1.29, 1.82) is 0 Å². The monoisotopic (exact) mass is 572 g/mol. The van der Waals surface area contributed by atoms with Gasteiger partial charge in [-0.15, -0.1) is 0 Å². The number of halogens is 2. The first-order valence-corrected chi connectivity index (χ1v) is 14.6. The molecule has 0 atom stereocenters. The van der Waals surface area contributed by atoms with Crippen LogP contribution in [0.5, 0.6) is 0 Å². The minimum atomic E-state index is -0.948. The second kappa shape index (κ2) is 10.0. The molecule has 0 aromatic heterocycles. The van der Waals surface area contributed by atoms with Crippen LogP contribution in [0.3, 0.4) is 0 Å². The van der Waals surface area contributed by atoms with Gasteiger partial charge >= 0.3 is 209 Å². The van der Waals surface area contributed by atoms with E-state index in [0.29, 0.717) is 0 Å². The Kier molecular flexibility index (Phi) is 8.74. The molecule has 0 spiro atoms. The van der Waals surface area contributed by atoms with Crippen LogP contribution in [-0.2, 0) is 40.5 Å². The molecule has 0 heterocycles. The van der Waals surface area contributed by atoms with E-state index in [1.807, 2.05) is 0 Å². The Morgan fingerprint density at radius 2 is 1.35 bits per heavy atom. The number of benzene rings is 2. The van der Waals surface area contributed by atoms with E-state index in [0.717, 1.165) is 12.8 Å². The number of allylic oxidation sites excluding steroid dienone is 4. The Bertz CT molecular complexity index is 1150. The number of rotatable bonds is 2. The summed E-state index contributed by atoms with van der Waals surface area (Å²) >= 11 is -0.948. The maximum absolute atomic E-state index is 2.52. The van der Waals surface area contributed by atoms with Crippen molar-refractivity contribution in [3.63, 3.8) is 0 Å². The molecule has 3 heteroatoms. The molecular formula is C31H40Cl2Zr. The Balaban J connectivity index is 0.00000204. The molecule has 0 nitrogen and oxygen atoms in total. The van der Waals surface area contributed by atoms with Crippen LogP contribution < -0.4 is 28.1 Å². The summed E-state index contributed by atoms with van der Waals surface area (Å²) in [6.45, 7) is 23.7. The van der Waals surface area contributed by atoms with E-state index in [-0.39, 0.29) is 41.1 Å². The Morgan fingerprint density at radius 1 is 0.735 bits per heavy atom. The second-order valence-corrected chi connectivity index (χ2v) is 16.0. The van der Waals surface area contributed by atoms with E-state index >= 15 is 0 Å². The molecule has 2 aliphatic carbocycles. The van der Waals surface area contributed by atoms with Gasteiger partial charge in [-0.3, -0.25) is 0 Å². The predicted molar refractivity (Wildman–Crippen MR) is 137 cm³/mol. The van der Waals surface area contributed by atoms with Crippen LogP contribution in [0, 0.1) is 5.41 Å². The van der Waals surface area contributed by atoms with Crippen molar-refractivity contribution in [2.75, 3.05) is 0 Å². The summed E-state index contributed by atoms with van der Waals surface area (Å²) in [6.07, 6.45) is 4.78. The zero-order valence-corrected chi connectivity index (χ0v) is 26.6. The number of hydrogen-bond acceptors (Lipinski definition) is 0. The third-order valence-electron chi connectivity index (χ3n) is 7.12.